The molecule has 0 aromatic rings. The fraction of sp³-hybridized carbons (Fsp3) is 0.615. The lowest BCUT2D eigenvalue weighted by atomic mass is 10.2. The summed E-state index contributed by atoms with van der Waals surface area (Å²) in [6.07, 6.45) is 24.7. The Hall–Kier alpha value is -2.07. The minimum atomic E-state index is -4.62. The average molecular weight is 546 g/mol. The maximum atomic E-state index is 11.9. The van der Waals surface area contributed by atoms with Gasteiger partial charge >= 0.3 is 19.8 Å². The monoisotopic (exact) mass is 545 g/mol. The van der Waals surface area contributed by atoms with E-state index >= 15 is 0 Å². The van der Waals surface area contributed by atoms with Gasteiger partial charge in [0.15, 0.2) is 0 Å². The minimum Gasteiger partial charge on any atom is -0.480 e. The van der Waals surface area contributed by atoms with Crippen LogP contribution in [0, 0.1) is 0 Å². The molecular weight excluding hydrogens is 501 g/mol. The number of aliphatic carboxylic acids is 1. The number of rotatable bonds is 23. The average Bonchev–Trinajstić information content (AvgIpc) is 2.86. The maximum absolute atomic E-state index is 11.9. The van der Waals surface area contributed by atoms with Gasteiger partial charge in [0, 0.05) is 6.42 Å². The van der Waals surface area contributed by atoms with Gasteiger partial charge in [-0.25, -0.2) is 4.57 Å². The van der Waals surface area contributed by atoms with Gasteiger partial charge in [0.25, 0.3) is 0 Å². The Labute approximate surface area is 220 Å². The van der Waals surface area contributed by atoms with Crippen LogP contribution in [0.3, 0.4) is 0 Å². The highest BCUT2D eigenvalue weighted by Crippen LogP contribution is 2.43. The lowest BCUT2D eigenvalue weighted by Gasteiger charge is -2.18. The third-order valence-corrected chi connectivity index (χ3v) is 5.82. The van der Waals surface area contributed by atoms with Gasteiger partial charge < -0.3 is 25.6 Å². The van der Waals surface area contributed by atoms with Crippen molar-refractivity contribution >= 4 is 19.8 Å². The molecule has 0 heterocycles. The number of hydrogen-bond acceptors (Lipinski definition) is 8. The van der Waals surface area contributed by atoms with Crippen LogP contribution >= 0.6 is 7.82 Å². The lowest BCUT2D eigenvalue weighted by molar-refractivity contribution is -0.153. The van der Waals surface area contributed by atoms with Crippen molar-refractivity contribution in [2.75, 3.05) is 19.8 Å². The summed E-state index contributed by atoms with van der Waals surface area (Å²) in [7, 11) is -4.62. The molecule has 0 rings (SSSR count). The summed E-state index contributed by atoms with van der Waals surface area (Å²) in [4.78, 5) is 32.0. The molecule has 0 radical (unpaired) electrons. The first kappa shape index (κ1) is 34.9. The van der Waals surface area contributed by atoms with E-state index in [1.165, 1.54) is 19.3 Å². The van der Waals surface area contributed by atoms with Crippen LogP contribution in [-0.4, -0.2) is 59.0 Å². The Kier molecular flexibility index (Phi) is 21.8. The number of ether oxygens (including phenoxy) is 1. The number of aliphatic hydroxyl groups is 1. The molecule has 0 amide bonds. The molecule has 0 aliphatic carbocycles. The lowest BCUT2D eigenvalue weighted by Crippen LogP contribution is -2.34. The molecule has 0 aliphatic heterocycles. The highest BCUT2D eigenvalue weighted by Gasteiger charge is 2.27. The first-order chi connectivity index (χ1) is 17.7. The summed E-state index contributed by atoms with van der Waals surface area (Å²) in [6.45, 7) is 0.232. The van der Waals surface area contributed by atoms with Crippen molar-refractivity contribution in [2.24, 2.45) is 5.73 Å². The van der Waals surface area contributed by atoms with Gasteiger partial charge in [-0.1, -0.05) is 68.4 Å². The quantitative estimate of drug-likeness (QED) is 0.0618. The summed E-state index contributed by atoms with van der Waals surface area (Å²) in [5.74, 6) is -1.99. The van der Waals surface area contributed by atoms with E-state index in [-0.39, 0.29) is 6.42 Å². The second-order valence-corrected chi connectivity index (χ2v) is 9.73. The van der Waals surface area contributed by atoms with Crippen LogP contribution in [0.2, 0.25) is 0 Å². The molecule has 10 nitrogen and oxygen atoms in total. The number of carboxylic acid groups (broad SMARTS) is 1. The zero-order valence-corrected chi connectivity index (χ0v) is 22.7. The normalized spacial score (nSPS) is 15.6. The summed E-state index contributed by atoms with van der Waals surface area (Å²) in [5, 5.41) is 17.9. The third kappa shape index (κ3) is 22.8. The molecule has 0 aromatic carbocycles. The van der Waals surface area contributed by atoms with Gasteiger partial charge in [-0.05, 0) is 44.9 Å². The Morgan fingerprint density at radius 3 is 1.89 bits per heavy atom. The highest BCUT2D eigenvalue weighted by molar-refractivity contribution is 7.47. The van der Waals surface area contributed by atoms with Crippen LogP contribution < -0.4 is 5.73 Å². The number of unbranched alkanes of at least 4 members (excludes halogenated alkanes) is 4. The van der Waals surface area contributed by atoms with Crippen molar-refractivity contribution in [1.29, 1.82) is 0 Å². The minimum absolute atomic E-state index is 0.106. The summed E-state index contributed by atoms with van der Waals surface area (Å²) in [6, 6.07) is -1.50. The molecule has 0 saturated heterocycles. The van der Waals surface area contributed by atoms with E-state index in [4.69, 9.17) is 15.6 Å². The van der Waals surface area contributed by atoms with E-state index in [9.17, 15) is 24.2 Å². The zero-order chi connectivity index (χ0) is 27.8. The number of aliphatic hydroxyl groups excluding tert-OH is 1. The molecule has 0 bridgehead atoms. The molecule has 1 unspecified atom stereocenters. The molecule has 0 aliphatic rings. The fourth-order valence-electron chi connectivity index (χ4n) is 2.75. The summed E-state index contributed by atoms with van der Waals surface area (Å²) < 4.78 is 25.8. The standard InChI is InChI=1S/C26H44NO9P/c1-2-3-4-5-6-7-8-9-10-11-12-13-14-15-16-17-18-19-25(29)36-23(20-28)21-34-37(32,33)35-22-24(27)26(30)31/h6-7,9-10,12-13,15-16,23-24,28H,2-5,8,11,14,17-22,27H2,1H3,(H,30,31)(H,32,33)/b7-6-,10-9-,13-12-,16-15-/t23-,24+/m1/s1. The molecule has 0 saturated carbocycles. The van der Waals surface area contributed by atoms with Crippen LogP contribution in [0.5, 0.6) is 0 Å². The van der Waals surface area contributed by atoms with Crippen LogP contribution in [0.1, 0.15) is 71.1 Å². The van der Waals surface area contributed by atoms with Crippen molar-refractivity contribution in [3.63, 3.8) is 0 Å². The SMILES string of the molecule is CCCCC/C=C\C/C=C\C/C=C\C/C=C\CCCC(=O)O[C@H](CO)COP(=O)(O)OC[C@H](N)C(=O)O. The van der Waals surface area contributed by atoms with Gasteiger partial charge in [0.05, 0.1) is 19.8 Å². The predicted octanol–water partition coefficient (Wildman–Crippen LogP) is 4.58. The smallest absolute Gasteiger partial charge is 0.472 e. The van der Waals surface area contributed by atoms with Gasteiger partial charge in [-0.15, -0.1) is 0 Å². The molecule has 5 N–H and O–H groups in total. The molecule has 0 aromatic heterocycles. The van der Waals surface area contributed by atoms with Crippen molar-refractivity contribution in [3.8, 4) is 0 Å². The maximum Gasteiger partial charge on any atom is 0.472 e. The van der Waals surface area contributed by atoms with E-state index in [0.29, 0.717) is 12.8 Å². The largest absolute Gasteiger partial charge is 0.480 e. The number of hydrogen-bond donors (Lipinski definition) is 4. The zero-order valence-electron chi connectivity index (χ0n) is 21.8. The number of carbonyl (C=O) groups is 2. The molecule has 37 heavy (non-hydrogen) atoms. The van der Waals surface area contributed by atoms with Gasteiger partial charge in [-0.2, -0.15) is 0 Å². The molecule has 212 valence electrons. The van der Waals surface area contributed by atoms with Gasteiger partial charge in [0.1, 0.15) is 12.1 Å². The number of nitrogens with two attached hydrogens (primary N) is 1. The number of esters is 1. The molecule has 0 spiro atoms. The molecule has 11 heteroatoms. The van der Waals surface area contributed by atoms with Crippen LogP contribution in [0.15, 0.2) is 48.6 Å². The van der Waals surface area contributed by atoms with Gasteiger partial charge in [0.2, 0.25) is 0 Å². The Balaban J connectivity index is 3.94. The predicted molar refractivity (Wildman–Crippen MR) is 143 cm³/mol. The second-order valence-electron chi connectivity index (χ2n) is 8.28. The second kappa shape index (κ2) is 23.1. The van der Waals surface area contributed by atoms with E-state index in [1.54, 1.807) is 0 Å². The highest BCUT2D eigenvalue weighted by atomic mass is 31.2. The molecule has 0 fully saturated rings. The third-order valence-electron chi connectivity index (χ3n) is 4.87. The van der Waals surface area contributed by atoms with Crippen LogP contribution in [0.4, 0.5) is 0 Å². The van der Waals surface area contributed by atoms with Crippen molar-refractivity contribution < 1.29 is 43.0 Å². The number of phosphoric acid groups is 1. The van der Waals surface area contributed by atoms with E-state index in [1.807, 2.05) is 12.2 Å². The summed E-state index contributed by atoms with van der Waals surface area (Å²) in [5.41, 5.74) is 5.17. The first-order valence-electron chi connectivity index (χ1n) is 12.7. The Morgan fingerprint density at radius 2 is 1.38 bits per heavy atom. The topological polar surface area (TPSA) is 166 Å². The fourth-order valence-corrected chi connectivity index (χ4v) is 3.53. The number of phosphoric ester groups is 1. The molecular formula is C26H44NO9P. The first-order valence-corrected chi connectivity index (χ1v) is 14.2. The Morgan fingerprint density at radius 1 is 0.865 bits per heavy atom. The molecule has 3 atom stereocenters. The van der Waals surface area contributed by atoms with Crippen molar-refractivity contribution in [1.82, 2.24) is 0 Å². The van der Waals surface area contributed by atoms with E-state index in [0.717, 1.165) is 25.7 Å². The van der Waals surface area contributed by atoms with E-state index in [2.05, 4.69) is 52.4 Å². The van der Waals surface area contributed by atoms with Crippen molar-refractivity contribution in [2.45, 2.75) is 83.3 Å². The van der Waals surface area contributed by atoms with Crippen molar-refractivity contribution in [3.05, 3.63) is 48.6 Å². The van der Waals surface area contributed by atoms with Gasteiger partial charge in [-0.3, -0.25) is 18.6 Å². The number of allylic oxidation sites excluding steroid dienone is 8. The van der Waals surface area contributed by atoms with Crippen LogP contribution in [-0.2, 0) is 27.9 Å². The summed E-state index contributed by atoms with van der Waals surface area (Å²) >= 11 is 0. The number of carbonyl (C=O) groups excluding carboxylic acids is 1. The number of carboxylic acids is 1. The van der Waals surface area contributed by atoms with Crippen LogP contribution in [0.25, 0.3) is 0 Å². The Bertz CT molecular complexity index is 780. The van der Waals surface area contributed by atoms with E-state index < -0.39 is 51.7 Å².